The molecule has 12 nitrogen and oxygen atoms in total. The molecular formula is C42H38Cl2F3N5O7S2. The number of aliphatic carboxylic acids is 1. The molecule has 1 saturated heterocycles. The number of nitro benzene ring substituents is 1. The molecule has 19 heteroatoms. The minimum atomic E-state index is -5.08. The molecule has 0 unspecified atom stereocenters. The first-order valence-corrected chi connectivity index (χ1v) is 22.0. The number of amides is 1. The fourth-order valence-electron chi connectivity index (χ4n) is 7.09. The average Bonchev–Trinajstić information content (AvgIpc) is 3.23. The third kappa shape index (κ3) is 11.5. The van der Waals surface area contributed by atoms with Crippen LogP contribution in [0, 0.1) is 10.1 Å². The summed E-state index contributed by atoms with van der Waals surface area (Å²) in [6.07, 6.45) is -3.46. The van der Waals surface area contributed by atoms with E-state index in [1.54, 1.807) is 23.9 Å². The van der Waals surface area contributed by atoms with Crippen molar-refractivity contribution >= 4 is 73.9 Å². The summed E-state index contributed by atoms with van der Waals surface area (Å²) in [4.78, 5) is 39.0. The van der Waals surface area contributed by atoms with E-state index in [4.69, 9.17) is 33.1 Å². The van der Waals surface area contributed by atoms with Crippen molar-refractivity contribution in [3.8, 4) is 11.1 Å². The monoisotopic (exact) mass is 915 g/mol. The van der Waals surface area contributed by atoms with Crippen LogP contribution in [0.3, 0.4) is 0 Å². The van der Waals surface area contributed by atoms with E-state index in [0.717, 1.165) is 72.4 Å². The molecule has 1 fully saturated rings. The molecular weight excluding hydrogens is 879 g/mol. The molecule has 0 aromatic heterocycles. The Kier molecular flexibility index (Phi) is 14.5. The summed E-state index contributed by atoms with van der Waals surface area (Å²) in [7, 11) is -4.40. The minimum absolute atomic E-state index is 0.195. The Labute approximate surface area is 363 Å². The molecule has 3 N–H and O–H groups in total. The molecule has 0 radical (unpaired) electrons. The van der Waals surface area contributed by atoms with Crippen LogP contribution < -0.4 is 14.9 Å². The van der Waals surface area contributed by atoms with Crippen LogP contribution in [0.1, 0.15) is 27.9 Å². The predicted octanol–water partition coefficient (Wildman–Crippen LogP) is 9.16. The number of nitrogens with zero attached hydrogens (tertiary/aromatic N) is 3. The zero-order valence-corrected chi connectivity index (χ0v) is 35.2. The molecule has 2 heterocycles. The summed E-state index contributed by atoms with van der Waals surface area (Å²) in [5.41, 5.74) is 5.38. The van der Waals surface area contributed by atoms with Crippen molar-refractivity contribution in [2.24, 2.45) is 0 Å². The topological polar surface area (TPSA) is 162 Å². The number of carboxylic acids is 1. The van der Waals surface area contributed by atoms with Gasteiger partial charge in [0, 0.05) is 66.7 Å². The Bertz CT molecular complexity index is 2540. The Hall–Kier alpha value is -5.33. The normalized spacial score (nSPS) is 15.1. The highest BCUT2D eigenvalue weighted by Crippen LogP contribution is 2.36. The number of fused-ring (bicyclic) bond motifs is 3. The number of alkyl halides is 3. The van der Waals surface area contributed by atoms with E-state index in [0.29, 0.717) is 28.4 Å². The van der Waals surface area contributed by atoms with Gasteiger partial charge in [-0.3, -0.25) is 19.8 Å². The SMILES string of the molecule is O=C(NS(=O)(=O)c1ccc(NCCSc2ccccc2)c([N+](=O)[O-])c1)c1ccc2c(c1)CC[C@H]1CN(Cc3ccccc3-c3ccc(Cl)c(Cl)c3)CCN21.O=C(O)C(F)(F)F. The van der Waals surface area contributed by atoms with E-state index < -0.39 is 38.7 Å². The number of carbonyl (C=O) groups excluding carboxylic acids is 1. The molecule has 0 aliphatic carbocycles. The highest BCUT2D eigenvalue weighted by molar-refractivity contribution is 7.99. The molecule has 7 rings (SSSR count). The van der Waals surface area contributed by atoms with Gasteiger partial charge in [-0.05, 0) is 89.7 Å². The third-order valence-corrected chi connectivity index (χ3v) is 13.1. The van der Waals surface area contributed by atoms with Gasteiger partial charge in [-0.1, -0.05) is 71.7 Å². The van der Waals surface area contributed by atoms with Gasteiger partial charge in [0.05, 0.1) is 19.9 Å². The molecule has 2 aliphatic heterocycles. The van der Waals surface area contributed by atoms with E-state index in [-0.39, 0.29) is 16.1 Å². The quantitative estimate of drug-likeness (QED) is 0.0474. The number of nitrogens with one attached hydrogen (secondary N) is 2. The van der Waals surface area contributed by atoms with Crippen LogP contribution >= 0.6 is 35.0 Å². The van der Waals surface area contributed by atoms with Gasteiger partial charge >= 0.3 is 12.1 Å². The van der Waals surface area contributed by atoms with Crippen molar-refractivity contribution in [1.29, 1.82) is 0 Å². The number of aryl methyl sites for hydroxylation is 1. The number of hydrogen-bond acceptors (Lipinski definition) is 10. The van der Waals surface area contributed by atoms with Gasteiger partial charge in [-0.2, -0.15) is 13.2 Å². The van der Waals surface area contributed by atoms with Crippen molar-refractivity contribution in [3.05, 3.63) is 146 Å². The number of halogens is 5. The lowest BCUT2D eigenvalue weighted by molar-refractivity contribution is -0.384. The first-order valence-electron chi connectivity index (χ1n) is 18.7. The summed E-state index contributed by atoms with van der Waals surface area (Å²) in [5, 5.41) is 23.1. The fraction of sp³-hybridized carbons (Fsp3) is 0.238. The van der Waals surface area contributed by atoms with Crippen LogP contribution in [0.2, 0.25) is 10.0 Å². The molecule has 1 atom stereocenters. The van der Waals surface area contributed by atoms with E-state index in [1.165, 1.54) is 17.7 Å². The average molecular weight is 917 g/mol. The van der Waals surface area contributed by atoms with Gasteiger partial charge in [0.15, 0.2) is 0 Å². The van der Waals surface area contributed by atoms with Gasteiger partial charge in [0.2, 0.25) is 0 Å². The highest BCUT2D eigenvalue weighted by Gasteiger charge is 2.38. The number of piperazine rings is 1. The standard InChI is InChI=1S/C40H37Cl2N5O5S2.C2HF3O2/c41-35-15-11-27(23-36(35)42)34-9-5-4-6-30(34)25-45-19-20-46-31(26-45)13-10-28-22-29(12-17-38(28)46)40(48)44-54(51,52)33-14-16-37(39(24-33)47(49)50)43-18-21-53-32-7-2-1-3-8-32;3-2(4,5)1(6)7/h1-9,11-12,14-17,22-24,31,43H,10,13,18-21,25-26H2,(H,44,48);(H,6,7)/t31-;/m0./s1. The molecule has 0 bridgehead atoms. The van der Waals surface area contributed by atoms with Gasteiger partial charge < -0.3 is 15.3 Å². The number of anilines is 2. The van der Waals surface area contributed by atoms with Crippen LogP contribution in [0.4, 0.5) is 30.2 Å². The van der Waals surface area contributed by atoms with Crippen molar-refractivity contribution in [1.82, 2.24) is 9.62 Å². The lowest BCUT2D eigenvalue weighted by Gasteiger charge is -2.46. The minimum Gasteiger partial charge on any atom is -0.475 e. The number of carbonyl (C=O) groups is 2. The molecule has 1 amide bonds. The second-order valence-corrected chi connectivity index (χ2v) is 17.7. The van der Waals surface area contributed by atoms with E-state index in [9.17, 15) is 36.5 Å². The molecule has 5 aromatic carbocycles. The molecule has 0 spiro atoms. The summed E-state index contributed by atoms with van der Waals surface area (Å²) in [5.74, 6) is -2.91. The van der Waals surface area contributed by atoms with E-state index in [1.807, 2.05) is 60.7 Å². The van der Waals surface area contributed by atoms with Gasteiger partial charge in [-0.15, -0.1) is 11.8 Å². The Balaban J connectivity index is 0.000000819. The van der Waals surface area contributed by atoms with Gasteiger partial charge in [0.1, 0.15) is 5.69 Å². The summed E-state index contributed by atoms with van der Waals surface area (Å²) >= 11 is 14.1. The predicted molar refractivity (Wildman–Crippen MR) is 230 cm³/mol. The largest absolute Gasteiger partial charge is 0.490 e. The number of carboxylic acid groups (broad SMARTS) is 1. The van der Waals surface area contributed by atoms with Crippen molar-refractivity contribution in [2.75, 3.05) is 42.1 Å². The second kappa shape index (κ2) is 19.6. The molecule has 320 valence electrons. The number of sulfonamides is 1. The van der Waals surface area contributed by atoms with Crippen LogP contribution in [-0.4, -0.2) is 79.4 Å². The zero-order chi connectivity index (χ0) is 43.9. The first kappa shape index (κ1) is 45.2. The summed E-state index contributed by atoms with van der Waals surface area (Å²) in [6, 6.07) is 32.9. The van der Waals surface area contributed by atoms with Gasteiger partial charge in [-0.25, -0.2) is 17.9 Å². The lowest BCUT2D eigenvalue weighted by atomic mass is 9.92. The smallest absolute Gasteiger partial charge is 0.475 e. The van der Waals surface area contributed by atoms with Gasteiger partial charge in [0.25, 0.3) is 21.6 Å². The van der Waals surface area contributed by atoms with Crippen molar-refractivity contribution in [2.45, 2.75) is 41.4 Å². The maximum absolute atomic E-state index is 13.3. The Morgan fingerprint density at radius 2 is 1.64 bits per heavy atom. The van der Waals surface area contributed by atoms with Crippen LogP contribution in [0.25, 0.3) is 11.1 Å². The van der Waals surface area contributed by atoms with Crippen LogP contribution in [-0.2, 0) is 27.8 Å². The Morgan fingerprint density at radius 3 is 2.34 bits per heavy atom. The molecule has 61 heavy (non-hydrogen) atoms. The van der Waals surface area contributed by atoms with Crippen LogP contribution in [0.15, 0.2) is 119 Å². The number of nitro groups is 1. The molecule has 0 saturated carbocycles. The maximum atomic E-state index is 13.3. The number of benzene rings is 5. The van der Waals surface area contributed by atoms with E-state index >= 15 is 0 Å². The first-order chi connectivity index (χ1) is 29.0. The van der Waals surface area contributed by atoms with Crippen molar-refractivity contribution < 1.29 is 41.2 Å². The molecule has 2 aliphatic rings. The second-order valence-electron chi connectivity index (χ2n) is 14.0. The summed E-state index contributed by atoms with van der Waals surface area (Å²) < 4.78 is 60.4. The number of thioether (sulfide) groups is 1. The maximum Gasteiger partial charge on any atom is 0.490 e. The third-order valence-electron chi connectivity index (χ3n) is 9.98. The summed E-state index contributed by atoms with van der Waals surface area (Å²) in [6.45, 7) is 3.75. The van der Waals surface area contributed by atoms with E-state index in [2.05, 4.69) is 38.0 Å². The van der Waals surface area contributed by atoms with Crippen LogP contribution in [0.5, 0.6) is 0 Å². The molecule has 5 aromatic rings. The zero-order valence-electron chi connectivity index (χ0n) is 32.1. The fourth-order valence-corrected chi connectivity index (χ4v) is 9.17. The highest BCUT2D eigenvalue weighted by atomic mass is 35.5. The Morgan fingerprint density at radius 1 is 0.918 bits per heavy atom. The lowest BCUT2D eigenvalue weighted by Crippen LogP contribution is -2.54. The van der Waals surface area contributed by atoms with Crippen molar-refractivity contribution in [3.63, 3.8) is 0 Å². The number of rotatable bonds is 12. The number of hydrogen-bond donors (Lipinski definition) is 3.